The largest absolute Gasteiger partial charge is 0.390 e. The third-order valence-electron chi connectivity index (χ3n) is 1.71. The fourth-order valence-corrected chi connectivity index (χ4v) is 2.18. The van der Waals surface area contributed by atoms with Gasteiger partial charge in [0.05, 0.1) is 11.0 Å². The lowest BCUT2D eigenvalue weighted by molar-refractivity contribution is -0.380. The Bertz CT molecular complexity index is 345. The lowest BCUT2D eigenvalue weighted by Crippen LogP contribution is -2.18. The van der Waals surface area contributed by atoms with Crippen LogP contribution < -0.4 is 0 Å². The third kappa shape index (κ3) is 3.20. The minimum Gasteiger partial charge on any atom is -0.390 e. The van der Waals surface area contributed by atoms with Gasteiger partial charge in [0.15, 0.2) is 0 Å². The Kier molecular flexibility index (Phi) is 4.58. The van der Waals surface area contributed by atoms with Crippen LogP contribution in [0.3, 0.4) is 0 Å². The van der Waals surface area contributed by atoms with Crippen LogP contribution in [0.25, 0.3) is 0 Å². The molecule has 0 saturated carbocycles. The zero-order chi connectivity index (χ0) is 11.4. The Morgan fingerprint density at radius 1 is 1.67 bits per heavy atom. The molecule has 2 unspecified atom stereocenters. The molecule has 0 aliphatic rings. The number of alkyl halides is 1. The molecule has 1 aromatic heterocycles. The van der Waals surface area contributed by atoms with Gasteiger partial charge in [0.2, 0.25) is 0 Å². The smallest absolute Gasteiger partial charge is 0.344 e. The Hall–Kier alpha value is -0.570. The molecule has 0 bridgehead atoms. The molecular weight excluding hydrogens is 288 g/mol. The molecular formula is C7H9BrN2O4S. The first-order chi connectivity index (χ1) is 7.06. The standard InChI is InChI=1S/C7H9BrN2O4S/c8-2-1-4(11)6(12)7-9-3-5(15-7)10(13)14/h3-4,6,11-12H,1-2H2. The number of thiazole rings is 1. The quantitative estimate of drug-likeness (QED) is 0.484. The molecule has 6 nitrogen and oxygen atoms in total. The number of nitrogens with zero attached hydrogens (tertiary/aromatic N) is 2. The average molecular weight is 297 g/mol. The molecule has 0 fully saturated rings. The van der Waals surface area contributed by atoms with Crippen molar-refractivity contribution in [3.8, 4) is 0 Å². The summed E-state index contributed by atoms with van der Waals surface area (Å²) in [4.78, 5) is 13.5. The summed E-state index contributed by atoms with van der Waals surface area (Å²) in [6, 6.07) is 0. The molecule has 0 aromatic carbocycles. The van der Waals surface area contributed by atoms with Crippen LogP contribution in [0.2, 0.25) is 0 Å². The summed E-state index contributed by atoms with van der Waals surface area (Å²) < 4.78 is 0. The minimum atomic E-state index is -1.17. The molecule has 84 valence electrons. The summed E-state index contributed by atoms with van der Waals surface area (Å²) in [6.45, 7) is 0. The molecule has 1 aromatic rings. The van der Waals surface area contributed by atoms with Crippen molar-refractivity contribution in [1.29, 1.82) is 0 Å². The van der Waals surface area contributed by atoms with Gasteiger partial charge in [-0.3, -0.25) is 10.1 Å². The first-order valence-corrected chi connectivity index (χ1v) is 6.02. The summed E-state index contributed by atoms with van der Waals surface area (Å²) in [5.41, 5.74) is 0. The van der Waals surface area contributed by atoms with Gasteiger partial charge >= 0.3 is 5.00 Å². The first-order valence-electron chi connectivity index (χ1n) is 4.08. The maximum Gasteiger partial charge on any atom is 0.344 e. The van der Waals surface area contributed by atoms with E-state index in [1.54, 1.807) is 0 Å². The molecule has 8 heteroatoms. The number of hydrogen-bond donors (Lipinski definition) is 2. The topological polar surface area (TPSA) is 96.5 Å². The van der Waals surface area contributed by atoms with Crippen molar-refractivity contribution < 1.29 is 15.1 Å². The summed E-state index contributed by atoms with van der Waals surface area (Å²) in [7, 11) is 0. The maximum absolute atomic E-state index is 10.4. The van der Waals surface area contributed by atoms with Gasteiger partial charge in [0.25, 0.3) is 0 Å². The average Bonchev–Trinajstić information content (AvgIpc) is 2.65. The lowest BCUT2D eigenvalue weighted by atomic mass is 10.2. The van der Waals surface area contributed by atoms with Crippen molar-refractivity contribution in [1.82, 2.24) is 4.98 Å². The van der Waals surface area contributed by atoms with E-state index in [1.807, 2.05) is 0 Å². The molecule has 0 aliphatic heterocycles. The maximum atomic E-state index is 10.4. The highest BCUT2D eigenvalue weighted by Crippen LogP contribution is 2.28. The summed E-state index contributed by atoms with van der Waals surface area (Å²) in [5, 5.41) is 29.9. The van der Waals surface area contributed by atoms with Gasteiger partial charge < -0.3 is 10.2 Å². The van der Waals surface area contributed by atoms with E-state index in [-0.39, 0.29) is 10.0 Å². The van der Waals surface area contributed by atoms with Crippen LogP contribution in [0.1, 0.15) is 17.5 Å². The van der Waals surface area contributed by atoms with Gasteiger partial charge in [0.1, 0.15) is 17.3 Å². The Morgan fingerprint density at radius 2 is 2.33 bits per heavy atom. The minimum absolute atomic E-state index is 0.143. The highest BCUT2D eigenvalue weighted by molar-refractivity contribution is 9.09. The molecule has 0 aliphatic carbocycles. The molecule has 0 saturated heterocycles. The van der Waals surface area contributed by atoms with Crippen molar-refractivity contribution in [3.05, 3.63) is 21.3 Å². The van der Waals surface area contributed by atoms with Crippen LogP contribution in [0.15, 0.2) is 6.20 Å². The van der Waals surface area contributed by atoms with Gasteiger partial charge in [-0.2, -0.15) is 0 Å². The lowest BCUT2D eigenvalue weighted by Gasteiger charge is -2.13. The molecule has 1 rings (SSSR count). The van der Waals surface area contributed by atoms with Gasteiger partial charge in [-0.1, -0.05) is 15.9 Å². The number of nitro groups is 1. The summed E-state index contributed by atoms with van der Waals surface area (Å²) in [5.74, 6) is 0. The summed E-state index contributed by atoms with van der Waals surface area (Å²) in [6.07, 6.45) is -0.699. The van der Waals surface area contributed by atoms with Crippen LogP contribution in [0.4, 0.5) is 5.00 Å². The fraction of sp³-hybridized carbons (Fsp3) is 0.571. The number of rotatable bonds is 5. The van der Waals surface area contributed by atoms with Gasteiger partial charge in [-0.15, -0.1) is 0 Å². The van der Waals surface area contributed by atoms with E-state index >= 15 is 0 Å². The number of aliphatic hydroxyl groups is 2. The molecule has 1 heterocycles. The number of aromatic nitrogens is 1. The first kappa shape index (κ1) is 12.5. The van der Waals surface area contributed by atoms with E-state index in [9.17, 15) is 20.3 Å². The van der Waals surface area contributed by atoms with E-state index in [0.717, 1.165) is 17.5 Å². The van der Waals surface area contributed by atoms with Crippen LogP contribution in [-0.4, -0.2) is 31.6 Å². The molecule has 2 atom stereocenters. The summed E-state index contributed by atoms with van der Waals surface area (Å²) >= 11 is 3.89. The molecule has 0 radical (unpaired) electrons. The Balaban J connectivity index is 2.73. The number of hydrogen-bond acceptors (Lipinski definition) is 6. The van der Waals surface area contributed by atoms with Gasteiger partial charge in [-0.25, -0.2) is 4.98 Å². The normalized spacial score (nSPS) is 14.9. The molecule has 0 amide bonds. The third-order valence-corrected chi connectivity index (χ3v) is 3.19. The van der Waals surface area contributed by atoms with E-state index < -0.39 is 17.1 Å². The number of aliphatic hydroxyl groups excluding tert-OH is 2. The van der Waals surface area contributed by atoms with Crippen LogP contribution in [-0.2, 0) is 0 Å². The zero-order valence-corrected chi connectivity index (χ0v) is 9.94. The SMILES string of the molecule is O=[N+]([O-])c1cnc(C(O)C(O)CCBr)s1. The van der Waals surface area contributed by atoms with E-state index in [0.29, 0.717) is 11.8 Å². The van der Waals surface area contributed by atoms with Crippen molar-refractivity contribution in [3.63, 3.8) is 0 Å². The van der Waals surface area contributed by atoms with Crippen molar-refractivity contribution in [2.45, 2.75) is 18.6 Å². The van der Waals surface area contributed by atoms with Crippen LogP contribution in [0.5, 0.6) is 0 Å². The predicted octanol–water partition coefficient (Wildman–Crippen LogP) is 1.23. The van der Waals surface area contributed by atoms with Crippen LogP contribution in [0, 0.1) is 10.1 Å². The van der Waals surface area contributed by atoms with E-state index in [1.165, 1.54) is 0 Å². The van der Waals surface area contributed by atoms with Gasteiger partial charge in [-0.05, 0) is 17.8 Å². The predicted molar refractivity (Wildman–Crippen MR) is 58.1 cm³/mol. The second-order valence-electron chi connectivity index (χ2n) is 2.78. The second kappa shape index (κ2) is 5.50. The Morgan fingerprint density at radius 3 is 2.80 bits per heavy atom. The fourth-order valence-electron chi connectivity index (χ4n) is 0.934. The van der Waals surface area contributed by atoms with Crippen molar-refractivity contribution in [2.75, 3.05) is 5.33 Å². The zero-order valence-electron chi connectivity index (χ0n) is 7.54. The second-order valence-corrected chi connectivity index (χ2v) is 4.62. The van der Waals surface area contributed by atoms with E-state index in [4.69, 9.17) is 0 Å². The monoisotopic (exact) mass is 296 g/mol. The molecule has 2 N–H and O–H groups in total. The Labute approximate surface area is 97.9 Å². The number of halogens is 1. The van der Waals surface area contributed by atoms with Crippen molar-refractivity contribution >= 4 is 32.3 Å². The van der Waals surface area contributed by atoms with Gasteiger partial charge in [0, 0.05) is 5.33 Å². The highest BCUT2D eigenvalue weighted by Gasteiger charge is 2.23. The van der Waals surface area contributed by atoms with E-state index in [2.05, 4.69) is 20.9 Å². The van der Waals surface area contributed by atoms with Crippen LogP contribution >= 0.6 is 27.3 Å². The van der Waals surface area contributed by atoms with Crippen molar-refractivity contribution in [2.24, 2.45) is 0 Å². The highest BCUT2D eigenvalue weighted by atomic mass is 79.9. The molecule has 15 heavy (non-hydrogen) atoms. The molecule has 0 spiro atoms.